The molecule has 6 aromatic carbocycles. The van der Waals surface area contributed by atoms with Crippen LogP contribution in [0.2, 0.25) is 0 Å². The topological polar surface area (TPSA) is 79.0 Å². The summed E-state index contributed by atoms with van der Waals surface area (Å²) in [4.78, 5) is 36.6. The van der Waals surface area contributed by atoms with E-state index in [0.29, 0.717) is 24.2 Å². The normalized spacial score (nSPS) is 12.7. The summed E-state index contributed by atoms with van der Waals surface area (Å²) in [5, 5.41) is 0. The Bertz CT molecular complexity index is 2210. The van der Waals surface area contributed by atoms with Gasteiger partial charge in [0.15, 0.2) is 0 Å². The average molecular weight is 775 g/mol. The van der Waals surface area contributed by atoms with E-state index in [0.717, 1.165) is 33.4 Å². The van der Waals surface area contributed by atoms with Crippen molar-refractivity contribution < 1.29 is 14.3 Å². The lowest BCUT2D eigenvalue weighted by atomic mass is 9.77. The standard InChI is InChI=1S/C52H46N4O3/c1-39(33-47-35-55(37-53-47)51(41-21-9-3-10-22-41,42-23-11-4-12-24-42)43-25-13-5-14-26-43)49(57)59-50(58)40(2)34-48-36-56(38-54-48)52(44-27-15-6-16-28-44,45-29-17-7-18-30-45)46-31-19-8-20-32-46/h3-32,35-40H,33-34H2,1-2H3. The molecule has 7 nitrogen and oxygen atoms in total. The highest BCUT2D eigenvalue weighted by Gasteiger charge is 2.40. The van der Waals surface area contributed by atoms with Crippen LogP contribution in [0.15, 0.2) is 207 Å². The smallest absolute Gasteiger partial charge is 0.316 e. The van der Waals surface area contributed by atoms with Gasteiger partial charge < -0.3 is 13.9 Å². The molecule has 8 aromatic rings. The first-order valence-electron chi connectivity index (χ1n) is 20.1. The first kappa shape index (κ1) is 38.7. The molecule has 0 amide bonds. The second kappa shape index (κ2) is 17.2. The molecule has 0 radical (unpaired) electrons. The van der Waals surface area contributed by atoms with E-state index >= 15 is 0 Å². The van der Waals surface area contributed by atoms with Crippen molar-refractivity contribution in [3.63, 3.8) is 0 Å². The molecule has 59 heavy (non-hydrogen) atoms. The molecule has 2 aromatic heterocycles. The number of hydrogen-bond acceptors (Lipinski definition) is 5. The minimum absolute atomic E-state index is 0.299. The zero-order valence-corrected chi connectivity index (χ0v) is 33.2. The number of rotatable bonds is 14. The maximum atomic E-state index is 13.5. The van der Waals surface area contributed by atoms with Crippen LogP contribution >= 0.6 is 0 Å². The molecule has 2 unspecified atom stereocenters. The number of aromatic nitrogens is 4. The third-order valence-corrected chi connectivity index (χ3v) is 11.2. The van der Waals surface area contributed by atoms with Gasteiger partial charge in [-0.1, -0.05) is 196 Å². The molecule has 0 N–H and O–H groups in total. The van der Waals surface area contributed by atoms with E-state index in [-0.39, 0.29) is 0 Å². The van der Waals surface area contributed by atoms with Gasteiger partial charge in [-0.3, -0.25) is 9.59 Å². The van der Waals surface area contributed by atoms with Crippen molar-refractivity contribution >= 4 is 11.9 Å². The van der Waals surface area contributed by atoms with Crippen molar-refractivity contribution in [3.05, 3.63) is 252 Å². The minimum atomic E-state index is -0.722. The number of nitrogens with zero attached hydrogens (tertiary/aromatic N) is 4. The third-order valence-electron chi connectivity index (χ3n) is 11.2. The molecule has 0 spiro atoms. The fourth-order valence-corrected chi connectivity index (χ4v) is 8.37. The minimum Gasteiger partial charge on any atom is -0.393 e. The van der Waals surface area contributed by atoms with E-state index < -0.39 is 34.9 Å². The van der Waals surface area contributed by atoms with Gasteiger partial charge in [-0.25, -0.2) is 9.97 Å². The van der Waals surface area contributed by atoms with Crippen LogP contribution in [0.3, 0.4) is 0 Å². The quantitative estimate of drug-likeness (QED) is 0.0625. The summed E-state index contributed by atoms with van der Waals surface area (Å²) in [6.45, 7) is 3.55. The average Bonchev–Trinajstić information content (AvgIpc) is 3.97. The Morgan fingerprint density at radius 2 is 0.678 bits per heavy atom. The van der Waals surface area contributed by atoms with E-state index in [1.807, 2.05) is 134 Å². The molecule has 0 aliphatic heterocycles. The van der Waals surface area contributed by atoms with E-state index in [4.69, 9.17) is 14.7 Å². The second-order valence-electron chi connectivity index (χ2n) is 15.1. The summed E-state index contributed by atoms with van der Waals surface area (Å²) < 4.78 is 9.78. The van der Waals surface area contributed by atoms with Crippen LogP contribution in [-0.4, -0.2) is 31.0 Å². The molecule has 0 aliphatic rings. The fourth-order valence-electron chi connectivity index (χ4n) is 8.37. The van der Waals surface area contributed by atoms with E-state index in [9.17, 15) is 9.59 Å². The molecular weight excluding hydrogens is 729 g/mol. The highest BCUT2D eigenvalue weighted by atomic mass is 16.6. The molecule has 2 heterocycles. The summed E-state index contributed by atoms with van der Waals surface area (Å²) in [6, 6.07) is 62.2. The van der Waals surface area contributed by atoms with Crippen molar-refractivity contribution in [1.82, 2.24) is 19.1 Å². The number of hydrogen-bond donors (Lipinski definition) is 0. The van der Waals surface area contributed by atoms with Crippen LogP contribution in [0.1, 0.15) is 58.6 Å². The lowest BCUT2D eigenvalue weighted by molar-refractivity contribution is -0.164. The number of imidazole rings is 2. The van der Waals surface area contributed by atoms with Crippen molar-refractivity contribution in [2.75, 3.05) is 0 Å². The number of carbonyl (C=O) groups is 2. The predicted octanol–water partition coefficient (Wildman–Crippen LogP) is 9.89. The van der Waals surface area contributed by atoms with Gasteiger partial charge in [-0.2, -0.15) is 0 Å². The zero-order valence-electron chi connectivity index (χ0n) is 33.2. The Kier molecular flexibility index (Phi) is 11.3. The Morgan fingerprint density at radius 1 is 0.441 bits per heavy atom. The molecule has 0 aliphatic carbocycles. The Balaban J connectivity index is 1.00. The molecule has 0 saturated heterocycles. The molecule has 7 heteroatoms. The maximum absolute atomic E-state index is 13.5. The summed E-state index contributed by atoms with van der Waals surface area (Å²) in [5.41, 5.74) is 6.42. The number of carbonyl (C=O) groups excluding carboxylic acids is 2. The Morgan fingerprint density at radius 3 is 0.915 bits per heavy atom. The number of ether oxygens (including phenoxy) is 1. The van der Waals surface area contributed by atoms with Gasteiger partial charge in [0.1, 0.15) is 11.1 Å². The van der Waals surface area contributed by atoms with Gasteiger partial charge in [0.2, 0.25) is 0 Å². The van der Waals surface area contributed by atoms with Crippen LogP contribution in [0.4, 0.5) is 0 Å². The molecule has 292 valence electrons. The largest absolute Gasteiger partial charge is 0.393 e. The predicted molar refractivity (Wildman–Crippen MR) is 231 cm³/mol. The van der Waals surface area contributed by atoms with Crippen molar-refractivity contribution in [2.24, 2.45) is 11.8 Å². The van der Waals surface area contributed by atoms with Gasteiger partial charge >= 0.3 is 11.9 Å². The highest BCUT2D eigenvalue weighted by molar-refractivity contribution is 5.87. The van der Waals surface area contributed by atoms with Crippen LogP contribution in [0, 0.1) is 11.8 Å². The van der Waals surface area contributed by atoms with Crippen LogP contribution < -0.4 is 0 Å². The molecule has 0 bridgehead atoms. The van der Waals surface area contributed by atoms with Crippen molar-refractivity contribution in [3.8, 4) is 0 Å². The lowest BCUT2D eigenvalue weighted by Crippen LogP contribution is -2.37. The highest BCUT2D eigenvalue weighted by Crippen LogP contribution is 2.42. The number of benzene rings is 6. The Hall–Kier alpha value is -7.12. The van der Waals surface area contributed by atoms with Crippen LogP contribution in [0.5, 0.6) is 0 Å². The van der Waals surface area contributed by atoms with Crippen molar-refractivity contribution in [2.45, 2.75) is 37.8 Å². The Labute approximate surface area is 345 Å². The SMILES string of the molecule is CC(Cc1cn(C(c2ccccc2)(c2ccccc2)c2ccccc2)cn1)C(=O)OC(=O)C(C)Cc1cn(C(c2ccccc2)(c2ccccc2)c2ccccc2)cn1. The monoisotopic (exact) mass is 774 g/mol. The molecular formula is C52H46N4O3. The van der Waals surface area contributed by atoms with Crippen molar-refractivity contribution in [1.29, 1.82) is 0 Å². The van der Waals surface area contributed by atoms with Gasteiger partial charge in [-0.15, -0.1) is 0 Å². The van der Waals surface area contributed by atoms with Gasteiger partial charge in [0.05, 0.1) is 35.9 Å². The first-order valence-corrected chi connectivity index (χ1v) is 20.1. The molecule has 0 fully saturated rings. The summed E-state index contributed by atoms with van der Waals surface area (Å²) in [6.07, 6.45) is 8.25. The maximum Gasteiger partial charge on any atom is 0.316 e. The second-order valence-corrected chi connectivity index (χ2v) is 15.1. The van der Waals surface area contributed by atoms with Gasteiger partial charge in [0, 0.05) is 25.2 Å². The molecule has 0 saturated carbocycles. The lowest BCUT2D eigenvalue weighted by Gasteiger charge is -2.37. The fraction of sp³-hybridized carbons (Fsp3) is 0.154. The summed E-state index contributed by atoms with van der Waals surface area (Å²) in [7, 11) is 0. The summed E-state index contributed by atoms with van der Waals surface area (Å²) in [5.74, 6) is -2.40. The van der Waals surface area contributed by atoms with Crippen LogP contribution in [0.25, 0.3) is 0 Å². The van der Waals surface area contributed by atoms with Gasteiger partial charge in [-0.05, 0) is 33.4 Å². The summed E-state index contributed by atoms with van der Waals surface area (Å²) >= 11 is 0. The number of esters is 2. The zero-order chi connectivity index (χ0) is 40.7. The first-order chi connectivity index (χ1) is 28.9. The van der Waals surface area contributed by atoms with Crippen LogP contribution in [-0.2, 0) is 38.2 Å². The van der Waals surface area contributed by atoms with E-state index in [2.05, 4.69) is 81.9 Å². The molecule has 8 rings (SSSR count). The van der Waals surface area contributed by atoms with E-state index in [1.54, 1.807) is 13.8 Å². The molecule has 2 atom stereocenters. The van der Waals surface area contributed by atoms with Gasteiger partial charge in [0.25, 0.3) is 0 Å². The van der Waals surface area contributed by atoms with E-state index in [1.165, 1.54) is 0 Å². The third kappa shape index (κ3) is 7.55.